The smallest absolute Gasteiger partial charge is 0.250 e. The van der Waals surface area contributed by atoms with Crippen LogP contribution in [0.2, 0.25) is 0 Å². The Morgan fingerprint density at radius 1 is 1.41 bits per heavy atom. The van der Waals surface area contributed by atoms with Gasteiger partial charge in [0.1, 0.15) is 6.61 Å². The van der Waals surface area contributed by atoms with Crippen molar-refractivity contribution in [2.45, 2.75) is 25.4 Å². The van der Waals surface area contributed by atoms with Crippen LogP contribution in [0.5, 0.6) is 0 Å². The van der Waals surface area contributed by atoms with Gasteiger partial charge in [-0.15, -0.1) is 0 Å². The first-order chi connectivity index (χ1) is 8.28. The monoisotopic (exact) mass is 230 g/mol. The minimum atomic E-state index is -0.151. The number of hydrogen-bond donors (Lipinski definition) is 1. The number of carbonyl (C=O) groups excluding carboxylic acids is 1. The molecule has 0 spiro atoms. The van der Waals surface area contributed by atoms with E-state index in [0.717, 1.165) is 12.8 Å². The minimum Gasteiger partial charge on any atom is -0.368 e. The van der Waals surface area contributed by atoms with Crippen LogP contribution in [0.4, 0.5) is 5.69 Å². The highest BCUT2D eigenvalue weighted by atomic mass is 16.5. The van der Waals surface area contributed by atoms with Gasteiger partial charge in [-0.3, -0.25) is 4.79 Å². The molecule has 0 radical (unpaired) electrons. The van der Waals surface area contributed by atoms with Crippen molar-refractivity contribution in [3.05, 3.63) is 29.8 Å². The van der Waals surface area contributed by atoms with Crippen molar-refractivity contribution in [3.63, 3.8) is 0 Å². The number of hydrogen-bond acceptors (Lipinski definition) is 3. The number of benzene rings is 1. The summed E-state index contributed by atoms with van der Waals surface area (Å²) in [6.07, 6.45) is 3.58. The Morgan fingerprint density at radius 3 is 2.65 bits per heavy atom. The first-order valence-corrected chi connectivity index (χ1v) is 5.69. The van der Waals surface area contributed by atoms with E-state index < -0.39 is 0 Å². The second kappa shape index (κ2) is 5.46. The fraction of sp³-hybridized carbons (Fsp3) is 0.385. The van der Waals surface area contributed by atoms with Crippen LogP contribution in [-0.4, -0.2) is 18.6 Å². The molecular formula is C13H14N2O2. The Kier molecular flexibility index (Phi) is 3.73. The van der Waals surface area contributed by atoms with E-state index in [1.807, 2.05) is 6.07 Å². The number of carbonyl (C=O) groups is 1. The maximum Gasteiger partial charge on any atom is 0.250 e. The summed E-state index contributed by atoms with van der Waals surface area (Å²) in [4.78, 5) is 11.5. The van der Waals surface area contributed by atoms with Gasteiger partial charge in [-0.1, -0.05) is 0 Å². The molecule has 0 unspecified atom stereocenters. The fourth-order valence-electron chi connectivity index (χ4n) is 1.56. The summed E-state index contributed by atoms with van der Waals surface area (Å²) in [5, 5.41) is 11.4. The van der Waals surface area contributed by atoms with Crippen LogP contribution >= 0.6 is 0 Å². The lowest BCUT2D eigenvalue weighted by Crippen LogP contribution is -2.27. The molecule has 1 amide bonds. The van der Waals surface area contributed by atoms with Crippen LogP contribution in [-0.2, 0) is 9.53 Å². The van der Waals surface area contributed by atoms with Gasteiger partial charge in [-0.25, -0.2) is 0 Å². The molecule has 88 valence electrons. The minimum absolute atomic E-state index is 0.102. The van der Waals surface area contributed by atoms with Crippen LogP contribution in [0.15, 0.2) is 24.3 Å². The van der Waals surface area contributed by atoms with E-state index in [9.17, 15) is 4.79 Å². The van der Waals surface area contributed by atoms with Crippen LogP contribution in [0.3, 0.4) is 0 Å². The van der Waals surface area contributed by atoms with Crippen LogP contribution in [0, 0.1) is 11.3 Å². The third kappa shape index (κ3) is 3.30. The Morgan fingerprint density at radius 2 is 2.12 bits per heavy atom. The number of nitriles is 1. The highest BCUT2D eigenvalue weighted by Crippen LogP contribution is 2.21. The highest BCUT2D eigenvalue weighted by Gasteiger charge is 2.18. The molecule has 1 aliphatic carbocycles. The molecule has 0 bridgehead atoms. The largest absolute Gasteiger partial charge is 0.368 e. The highest BCUT2D eigenvalue weighted by molar-refractivity contribution is 5.91. The molecule has 0 aromatic heterocycles. The molecule has 0 atom stereocenters. The topological polar surface area (TPSA) is 62.1 Å². The van der Waals surface area contributed by atoms with Gasteiger partial charge in [0.05, 0.1) is 17.7 Å². The van der Waals surface area contributed by atoms with Crippen LogP contribution in [0.1, 0.15) is 24.8 Å². The van der Waals surface area contributed by atoms with E-state index in [2.05, 4.69) is 5.32 Å². The fourth-order valence-corrected chi connectivity index (χ4v) is 1.56. The molecule has 0 aliphatic heterocycles. The predicted molar refractivity (Wildman–Crippen MR) is 63.4 cm³/mol. The standard InChI is InChI=1S/C13H14N2O2/c14-8-10-4-6-11(7-5-10)15-13(16)9-17-12-2-1-3-12/h4-7,12H,1-3,9H2,(H,15,16). The predicted octanol–water partition coefficient (Wildman–Crippen LogP) is 2.07. The van der Waals surface area contributed by atoms with E-state index in [1.165, 1.54) is 6.42 Å². The maximum atomic E-state index is 11.5. The molecule has 1 saturated carbocycles. The lowest BCUT2D eigenvalue weighted by Gasteiger charge is -2.25. The zero-order valence-electron chi connectivity index (χ0n) is 9.48. The molecule has 1 aliphatic rings. The van der Waals surface area contributed by atoms with Gasteiger partial charge in [-0.05, 0) is 43.5 Å². The van der Waals surface area contributed by atoms with Crippen molar-refractivity contribution >= 4 is 11.6 Å². The van der Waals surface area contributed by atoms with Crippen LogP contribution < -0.4 is 5.32 Å². The van der Waals surface area contributed by atoms with Crippen molar-refractivity contribution in [3.8, 4) is 6.07 Å². The van der Waals surface area contributed by atoms with E-state index in [4.69, 9.17) is 10.00 Å². The van der Waals surface area contributed by atoms with Gasteiger partial charge in [0.15, 0.2) is 0 Å². The van der Waals surface area contributed by atoms with Crippen molar-refractivity contribution in [2.24, 2.45) is 0 Å². The molecule has 1 N–H and O–H groups in total. The molecule has 1 fully saturated rings. The second-order valence-corrected chi connectivity index (χ2v) is 4.10. The molecule has 4 heteroatoms. The number of nitrogens with one attached hydrogen (secondary N) is 1. The molecule has 1 aromatic rings. The van der Waals surface area contributed by atoms with Gasteiger partial charge in [0.25, 0.3) is 0 Å². The summed E-state index contributed by atoms with van der Waals surface area (Å²) in [5.41, 5.74) is 1.26. The summed E-state index contributed by atoms with van der Waals surface area (Å²) in [7, 11) is 0. The van der Waals surface area contributed by atoms with E-state index in [0.29, 0.717) is 11.3 Å². The summed E-state index contributed by atoms with van der Waals surface area (Å²) < 4.78 is 5.39. The Hall–Kier alpha value is -1.86. The molecule has 4 nitrogen and oxygen atoms in total. The normalized spacial score (nSPS) is 14.8. The summed E-state index contributed by atoms with van der Waals surface area (Å²) in [5.74, 6) is -0.151. The van der Waals surface area contributed by atoms with Gasteiger partial charge >= 0.3 is 0 Å². The average Bonchev–Trinajstić information content (AvgIpc) is 2.28. The summed E-state index contributed by atoms with van der Waals surface area (Å²) in [6, 6.07) is 8.78. The summed E-state index contributed by atoms with van der Waals surface area (Å²) in [6.45, 7) is 0.102. The Labute approximate surface area is 100 Å². The summed E-state index contributed by atoms with van der Waals surface area (Å²) >= 11 is 0. The van der Waals surface area contributed by atoms with Gasteiger partial charge in [0, 0.05) is 5.69 Å². The molecule has 0 saturated heterocycles. The molecular weight excluding hydrogens is 216 g/mol. The first-order valence-electron chi connectivity index (χ1n) is 5.69. The molecule has 1 aromatic carbocycles. The van der Waals surface area contributed by atoms with Crippen molar-refractivity contribution in [1.29, 1.82) is 5.26 Å². The lowest BCUT2D eigenvalue weighted by molar-refractivity contribution is -0.124. The molecule has 2 rings (SSSR count). The van der Waals surface area contributed by atoms with E-state index >= 15 is 0 Å². The van der Waals surface area contributed by atoms with Crippen molar-refractivity contribution < 1.29 is 9.53 Å². The Balaban J connectivity index is 1.78. The third-order valence-corrected chi connectivity index (χ3v) is 2.80. The number of amides is 1. The van der Waals surface area contributed by atoms with E-state index in [1.54, 1.807) is 24.3 Å². The maximum absolute atomic E-state index is 11.5. The Bertz CT molecular complexity index is 430. The SMILES string of the molecule is N#Cc1ccc(NC(=O)COC2CCC2)cc1. The number of ether oxygens (including phenoxy) is 1. The van der Waals surface area contributed by atoms with Gasteiger partial charge in [0.2, 0.25) is 5.91 Å². The quantitative estimate of drug-likeness (QED) is 0.861. The van der Waals surface area contributed by atoms with Crippen molar-refractivity contribution in [1.82, 2.24) is 0 Å². The number of anilines is 1. The van der Waals surface area contributed by atoms with Crippen molar-refractivity contribution in [2.75, 3.05) is 11.9 Å². The lowest BCUT2D eigenvalue weighted by atomic mass is 9.96. The first kappa shape index (κ1) is 11.6. The number of rotatable bonds is 4. The average molecular weight is 230 g/mol. The van der Waals surface area contributed by atoms with Crippen LogP contribution in [0.25, 0.3) is 0 Å². The zero-order chi connectivity index (χ0) is 12.1. The van der Waals surface area contributed by atoms with Gasteiger partial charge in [-0.2, -0.15) is 5.26 Å². The number of nitrogens with zero attached hydrogens (tertiary/aromatic N) is 1. The molecule has 0 heterocycles. The third-order valence-electron chi connectivity index (χ3n) is 2.80. The molecule has 17 heavy (non-hydrogen) atoms. The van der Waals surface area contributed by atoms with E-state index in [-0.39, 0.29) is 18.6 Å². The zero-order valence-corrected chi connectivity index (χ0v) is 9.48. The second-order valence-electron chi connectivity index (χ2n) is 4.10. The van der Waals surface area contributed by atoms with Gasteiger partial charge < -0.3 is 10.1 Å².